The van der Waals surface area contributed by atoms with Crippen molar-refractivity contribution in [1.29, 1.82) is 0 Å². The molecule has 2 aromatic carbocycles. The van der Waals surface area contributed by atoms with Crippen molar-refractivity contribution in [3.05, 3.63) is 71.8 Å². The third-order valence-electron chi connectivity index (χ3n) is 7.48. The summed E-state index contributed by atoms with van der Waals surface area (Å²) in [5.41, 5.74) is 2.06. The fraction of sp³-hybridized carbons (Fsp3) is 0.536. The summed E-state index contributed by atoms with van der Waals surface area (Å²) >= 11 is 0. The molecule has 4 rings (SSSR count). The van der Waals surface area contributed by atoms with Gasteiger partial charge in [0, 0.05) is 38.3 Å². The topological polar surface area (TPSA) is 32.8 Å². The monoisotopic (exact) mass is 434 g/mol. The van der Waals surface area contributed by atoms with E-state index in [0.29, 0.717) is 6.04 Å². The van der Waals surface area contributed by atoms with Crippen molar-refractivity contribution in [3.63, 3.8) is 0 Å². The molecule has 0 N–H and O–H groups in total. The summed E-state index contributed by atoms with van der Waals surface area (Å²) in [6, 6.07) is 21.3. The zero-order valence-electron chi connectivity index (χ0n) is 19.9. The fourth-order valence-corrected chi connectivity index (χ4v) is 5.59. The Morgan fingerprint density at radius 1 is 1.03 bits per heavy atom. The first kappa shape index (κ1) is 23.0. The Morgan fingerprint density at radius 3 is 2.09 bits per heavy atom. The molecule has 2 aromatic rings. The minimum Gasteiger partial charge on any atom is -0.375 e. The maximum absolute atomic E-state index is 14.1. The van der Waals surface area contributed by atoms with Crippen molar-refractivity contribution in [1.82, 2.24) is 9.80 Å². The Balaban J connectivity index is 1.56. The van der Waals surface area contributed by atoms with Crippen molar-refractivity contribution in [3.8, 4) is 0 Å². The number of piperidine rings is 1. The Hall–Kier alpha value is -2.17. The van der Waals surface area contributed by atoms with E-state index in [4.69, 9.17) is 4.74 Å². The summed E-state index contributed by atoms with van der Waals surface area (Å²) in [6.45, 7) is 10.3. The van der Waals surface area contributed by atoms with Gasteiger partial charge in [0.1, 0.15) is 0 Å². The number of hydrogen-bond donors (Lipinski definition) is 0. The van der Waals surface area contributed by atoms with Crippen LogP contribution in [0.1, 0.15) is 63.5 Å². The van der Waals surface area contributed by atoms with Crippen LogP contribution in [0, 0.1) is 0 Å². The molecule has 0 radical (unpaired) electrons. The van der Waals surface area contributed by atoms with Gasteiger partial charge in [-0.15, -0.1) is 0 Å². The predicted molar refractivity (Wildman–Crippen MR) is 130 cm³/mol. The van der Waals surface area contributed by atoms with Crippen LogP contribution in [0.15, 0.2) is 60.7 Å². The van der Waals surface area contributed by atoms with Crippen molar-refractivity contribution >= 4 is 5.91 Å². The number of likely N-dealkylation sites (tertiary alicyclic amines) is 1. The average Bonchev–Trinajstić information content (AvgIpc) is 2.82. The highest BCUT2D eigenvalue weighted by Gasteiger charge is 2.43. The molecule has 2 heterocycles. The van der Waals surface area contributed by atoms with E-state index in [1.807, 2.05) is 36.4 Å². The number of hydrogen-bond acceptors (Lipinski definition) is 3. The lowest BCUT2D eigenvalue weighted by atomic mass is 9.81. The van der Waals surface area contributed by atoms with Crippen LogP contribution in [-0.2, 0) is 9.53 Å². The first-order valence-corrected chi connectivity index (χ1v) is 12.3. The van der Waals surface area contributed by atoms with Crippen LogP contribution < -0.4 is 0 Å². The van der Waals surface area contributed by atoms with E-state index >= 15 is 0 Å². The lowest BCUT2D eigenvalue weighted by Crippen LogP contribution is -2.56. The van der Waals surface area contributed by atoms with Gasteiger partial charge in [0.15, 0.2) is 0 Å². The fourth-order valence-electron chi connectivity index (χ4n) is 5.59. The molecule has 0 aliphatic carbocycles. The molecular formula is C28H38N2O2. The van der Waals surface area contributed by atoms with Gasteiger partial charge in [-0.3, -0.25) is 4.79 Å². The standard InChI is InChI=1S/C28H38N2O2/c1-4-30(25-15-20-32-28(21-25)16-18-29(19-17-28)22(2)3)27(31)26(23-11-7-5-8-12-23)24-13-9-6-10-14-24/h5-14,22,25-26H,4,15-21H2,1-3H3. The zero-order valence-corrected chi connectivity index (χ0v) is 19.9. The third kappa shape index (κ3) is 4.92. The second-order valence-corrected chi connectivity index (χ2v) is 9.69. The van der Waals surface area contributed by atoms with Crippen LogP contribution in [-0.4, -0.2) is 59.6 Å². The lowest BCUT2D eigenvalue weighted by Gasteiger charge is -2.49. The maximum Gasteiger partial charge on any atom is 0.234 e. The second kappa shape index (κ2) is 10.2. The first-order valence-electron chi connectivity index (χ1n) is 12.3. The lowest BCUT2D eigenvalue weighted by molar-refractivity contribution is -0.151. The molecule has 1 amide bonds. The number of carbonyl (C=O) groups is 1. The number of likely N-dealkylation sites (N-methyl/N-ethyl adjacent to an activating group) is 1. The van der Waals surface area contributed by atoms with Crippen molar-refractivity contribution in [2.75, 3.05) is 26.2 Å². The molecule has 2 aliphatic rings. The molecule has 0 aromatic heterocycles. The first-order chi connectivity index (χ1) is 15.5. The number of carbonyl (C=O) groups excluding carboxylic acids is 1. The molecule has 2 saturated heterocycles. The summed E-state index contributed by atoms with van der Waals surface area (Å²) in [5, 5.41) is 0. The largest absolute Gasteiger partial charge is 0.375 e. The normalized spacial score (nSPS) is 21.2. The zero-order chi connectivity index (χ0) is 22.6. The van der Waals surface area contributed by atoms with Crippen LogP contribution >= 0.6 is 0 Å². The molecule has 0 bridgehead atoms. The maximum atomic E-state index is 14.1. The predicted octanol–water partition coefficient (Wildman–Crippen LogP) is 5.09. The molecule has 1 atom stereocenters. The molecule has 172 valence electrons. The van der Waals surface area contributed by atoms with Gasteiger partial charge in [0.05, 0.1) is 11.5 Å². The van der Waals surface area contributed by atoms with E-state index in [1.165, 1.54) is 0 Å². The van der Waals surface area contributed by atoms with Crippen molar-refractivity contribution in [2.24, 2.45) is 0 Å². The third-order valence-corrected chi connectivity index (χ3v) is 7.48. The molecule has 1 unspecified atom stereocenters. The van der Waals surface area contributed by atoms with Crippen LogP contribution in [0.3, 0.4) is 0 Å². The molecule has 2 aliphatic heterocycles. The van der Waals surface area contributed by atoms with E-state index in [-0.39, 0.29) is 23.5 Å². The van der Waals surface area contributed by atoms with E-state index < -0.39 is 0 Å². The summed E-state index contributed by atoms with van der Waals surface area (Å²) in [7, 11) is 0. The van der Waals surface area contributed by atoms with Crippen LogP contribution in [0.5, 0.6) is 0 Å². The van der Waals surface area contributed by atoms with Crippen molar-refractivity contribution < 1.29 is 9.53 Å². The number of rotatable bonds is 6. The van der Waals surface area contributed by atoms with E-state index in [0.717, 1.165) is 63.1 Å². The smallest absolute Gasteiger partial charge is 0.234 e. The molecule has 4 heteroatoms. The Kier molecular flexibility index (Phi) is 7.32. The summed E-state index contributed by atoms with van der Waals surface area (Å²) in [4.78, 5) is 18.8. The van der Waals surface area contributed by atoms with Gasteiger partial charge in [0.2, 0.25) is 5.91 Å². The highest BCUT2D eigenvalue weighted by Crippen LogP contribution is 2.38. The van der Waals surface area contributed by atoms with Crippen LogP contribution in [0.25, 0.3) is 0 Å². The summed E-state index contributed by atoms with van der Waals surface area (Å²) in [6.07, 6.45) is 4.00. The Labute approximate surface area is 193 Å². The highest BCUT2D eigenvalue weighted by molar-refractivity contribution is 5.87. The Bertz CT molecular complexity index is 820. The van der Waals surface area contributed by atoms with Crippen molar-refractivity contribution in [2.45, 2.75) is 70.1 Å². The van der Waals surface area contributed by atoms with Gasteiger partial charge >= 0.3 is 0 Å². The second-order valence-electron chi connectivity index (χ2n) is 9.69. The van der Waals surface area contributed by atoms with Gasteiger partial charge in [-0.1, -0.05) is 60.7 Å². The SMILES string of the molecule is CCN(C(=O)C(c1ccccc1)c1ccccc1)C1CCOC2(CCN(C(C)C)CC2)C1. The van der Waals surface area contributed by atoms with Gasteiger partial charge in [-0.2, -0.15) is 0 Å². The summed E-state index contributed by atoms with van der Waals surface area (Å²) in [5.74, 6) is -0.0505. The summed E-state index contributed by atoms with van der Waals surface area (Å²) < 4.78 is 6.40. The molecule has 4 nitrogen and oxygen atoms in total. The van der Waals surface area contributed by atoms with Crippen LogP contribution in [0.2, 0.25) is 0 Å². The van der Waals surface area contributed by atoms with Gasteiger partial charge < -0.3 is 14.5 Å². The van der Waals surface area contributed by atoms with Gasteiger partial charge in [-0.25, -0.2) is 0 Å². The number of benzene rings is 2. The average molecular weight is 435 g/mol. The molecule has 1 spiro atoms. The minimum atomic E-state index is -0.265. The Morgan fingerprint density at radius 2 is 1.59 bits per heavy atom. The van der Waals surface area contributed by atoms with E-state index in [1.54, 1.807) is 0 Å². The van der Waals surface area contributed by atoms with Gasteiger partial charge in [0.25, 0.3) is 0 Å². The number of nitrogens with zero attached hydrogens (tertiary/aromatic N) is 2. The molecular weight excluding hydrogens is 396 g/mol. The van der Waals surface area contributed by atoms with E-state index in [2.05, 4.69) is 54.8 Å². The highest BCUT2D eigenvalue weighted by atomic mass is 16.5. The minimum absolute atomic E-state index is 0.0724. The molecule has 0 saturated carbocycles. The molecule has 2 fully saturated rings. The molecule has 32 heavy (non-hydrogen) atoms. The van der Waals surface area contributed by atoms with Gasteiger partial charge in [-0.05, 0) is 57.6 Å². The quantitative estimate of drug-likeness (QED) is 0.635. The number of amides is 1. The van der Waals surface area contributed by atoms with E-state index in [9.17, 15) is 4.79 Å². The van der Waals surface area contributed by atoms with Crippen LogP contribution in [0.4, 0.5) is 0 Å². The number of ether oxygens (including phenoxy) is 1.